The van der Waals surface area contributed by atoms with Crippen molar-refractivity contribution in [3.8, 4) is 11.8 Å². The van der Waals surface area contributed by atoms with Crippen LogP contribution < -0.4 is 10.6 Å². The second-order valence-corrected chi connectivity index (χ2v) is 21.1. The third-order valence-corrected chi connectivity index (χ3v) is 14.1. The van der Waals surface area contributed by atoms with Gasteiger partial charge in [-0.05, 0) is 48.5 Å². The summed E-state index contributed by atoms with van der Waals surface area (Å²) in [6.45, 7) is 15.9. The van der Waals surface area contributed by atoms with Gasteiger partial charge in [-0.3, -0.25) is 43.2 Å². The number of nitrogens with one attached hydrogen (secondary N) is 2. The summed E-state index contributed by atoms with van der Waals surface area (Å²) in [5.74, 6) is -2.47. The Bertz CT molecular complexity index is 2320. The first-order chi connectivity index (χ1) is 37.5. The van der Waals surface area contributed by atoms with Crippen LogP contribution >= 0.6 is 11.3 Å². The number of rotatable bonds is 40. The lowest BCUT2D eigenvalue weighted by atomic mass is 9.82. The van der Waals surface area contributed by atoms with E-state index in [-0.39, 0.29) is 139 Å². The minimum atomic E-state index is -0.978. The zero-order chi connectivity index (χ0) is 59.0. The van der Waals surface area contributed by atoms with E-state index in [0.29, 0.717) is 24.3 Å². The Labute approximate surface area is 469 Å². The molecule has 0 spiro atoms. The normalized spacial score (nSPS) is 13.9. The van der Waals surface area contributed by atoms with Gasteiger partial charge >= 0.3 is 17.9 Å². The molecule has 0 saturated carbocycles. The minimum absolute atomic E-state index is 0.00590. The number of benzene rings is 1. The van der Waals surface area contributed by atoms with Gasteiger partial charge in [-0.1, -0.05) is 85.2 Å². The number of carboxylic acids is 2. The molecule has 1 aromatic heterocycles. The van der Waals surface area contributed by atoms with E-state index in [1.807, 2.05) is 71.9 Å². The Balaban J connectivity index is 1.96. The van der Waals surface area contributed by atoms with Crippen LogP contribution in [0.25, 0.3) is 0 Å². The SMILES string of the molecule is CC[C@H](C)[C@H](CC(=O)[C@H](C(C)C)N(C)C(=O)CCOCCOCCCC(=O)C#CC(=O)NCCOCCOCCC(=O)O)C(=O)N(C)[C@H](C[C@@H](OC(C)=O)c1nc(C(=O)N[C@@H](Cc2ccccc2)CC(C)C(=O)O)cs1)C(C)C. The van der Waals surface area contributed by atoms with Crippen molar-refractivity contribution in [3.05, 3.63) is 52.0 Å². The summed E-state index contributed by atoms with van der Waals surface area (Å²) in [5, 5.41) is 25.6. The van der Waals surface area contributed by atoms with E-state index in [9.17, 15) is 48.3 Å². The summed E-state index contributed by atoms with van der Waals surface area (Å²) < 4.78 is 27.3. The summed E-state index contributed by atoms with van der Waals surface area (Å²) in [7, 11) is 3.24. The summed E-state index contributed by atoms with van der Waals surface area (Å²) in [5.41, 5.74) is 1.00. The van der Waals surface area contributed by atoms with Crippen LogP contribution in [0.4, 0.5) is 0 Å². The van der Waals surface area contributed by atoms with Gasteiger partial charge in [0.15, 0.2) is 11.9 Å². The molecule has 4 amide bonds. The molecule has 0 aliphatic carbocycles. The van der Waals surface area contributed by atoms with Crippen molar-refractivity contribution < 1.29 is 77.0 Å². The van der Waals surface area contributed by atoms with Gasteiger partial charge in [-0.25, -0.2) is 4.98 Å². The van der Waals surface area contributed by atoms with E-state index in [1.54, 1.807) is 31.3 Å². The van der Waals surface area contributed by atoms with Crippen LogP contribution in [0.3, 0.4) is 0 Å². The van der Waals surface area contributed by atoms with Crippen LogP contribution in [-0.2, 0) is 68.5 Å². The highest BCUT2D eigenvalue weighted by Gasteiger charge is 2.39. The molecule has 2 aromatic rings. The third-order valence-electron chi connectivity index (χ3n) is 13.2. The number of hydrogen-bond acceptors (Lipinski definition) is 16. The molecule has 1 aromatic carbocycles. The van der Waals surface area contributed by atoms with Crippen LogP contribution in [0.2, 0.25) is 0 Å². The van der Waals surface area contributed by atoms with Gasteiger partial charge in [0.1, 0.15) is 10.7 Å². The molecule has 0 saturated heterocycles. The standard InChI is InChI=1S/C57H85N5O16S/c1-11-39(6)45(34-48(65)53(38(4)5)62(10)51(67)21-25-75-29-28-74-24-15-18-44(64)19-20-50(66)58-23-27-77-31-30-76-26-22-52(68)69)56(71)61(9)47(37(2)3)35-49(78-41(8)63)55-60-46(36-79-55)54(70)59-43(32-40(7)57(72)73)33-42-16-13-12-14-17-42/h12-14,16-17,36-40,43,45,47,49,53H,11,15,18,21-35H2,1-10H3,(H,58,66)(H,59,70)(H,68,69)(H,72,73)/t39-,40?,43+,45-,47+,49+,53-/m0/s1. The lowest BCUT2D eigenvalue weighted by Gasteiger charge is -2.37. The quantitative estimate of drug-likeness (QED) is 0.0274. The molecule has 79 heavy (non-hydrogen) atoms. The largest absolute Gasteiger partial charge is 0.481 e. The maximum atomic E-state index is 14.7. The predicted octanol–water partition coefficient (Wildman–Crippen LogP) is 5.58. The zero-order valence-corrected chi connectivity index (χ0v) is 48.6. The second kappa shape index (κ2) is 37.7. The fourth-order valence-electron chi connectivity index (χ4n) is 8.63. The Hall–Kier alpha value is -6.12. The highest BCUT2D eigenvalue weighted by atomic mass is 32.1. The van der Waals surface area contributed by atoms with Crippen molar-refractivity contribution in [2.24, 2.45) is 29.6 Å². The van der Waals surface area contributed by atoms with Gasteiger partial charge in [0.25, 0.3) is 11.8 Å². The van der Waals surface area contributed by atoms with Gasteiger partial charge in [-0.15, -0.1) is 11.3 Å². The number of aliphatic carboxylic acids is 2. The van der Waals surface area contributed by atoms with Gasteiger partial charge in [0.05, 0.1) is 71.0 Å². The van der Waals surface area contributed by atoms with Gasteiger partial charge in [0.2, 0.25) is 17.6 Å². The fourth-order valence-corrected chi connectivity index (χ4v) is 9.47. The van der Waals surface area contributed by atoms with Gasteiger partial charge < -0.3 is 54.3 Å². The summed E-state index contributed by atoms with van der Waals surface area (Å²) >= 11 is 1.13. The van der Waals surface area contributed by atoms with E-state index < -0.39 is 71.6 Å². The molecule has 21 nitrogen and oxygen atoms in total. The number of esters is 1. The molecule has 0 fully saturated rings. The van der Waals surface area contributed by atoms with E-state index in [0.717, 1.165) is 16.9 Å². The molecule has 0 bridgehead atoms. The Morgan fingerprint density at radius 1 is 0.747 bits per heavy atom. The summed E-state index contributed by atoms with van der Waals surface area (Å²) in [6, 6.07) is 7.58. The number of thiazole rings is 1. The number of likely N-dealkylation sites (N-methyl/N-ethyl adjacent to an activating group) is 1. The van der Waals surface area contributed by atoms with Crippen LogP contribution in [0.5, 0.6) is 0 Å². The highest BCUT2D eigenvalue weighted by molar-refractivity contribution is 7.09. The zero-order valence-electron chi connectivity index (χ0n) is 47.7. The van der Waals surface area contributed by atoms with Crippen molar-refractivity contribution in [1.29, 1.82) is 0 Å². The number of ether oxygens (including phenoxy) is 5. The summed E-state index contributed by atoms with van der Waals surface area (Å²) in [4.78, 5) is 122. The van der Waals surface area contributed by atoms with E-state index in [2.05, 4.69) is 27.5 Å². The van der Waals surface area contributed by atoms with Crippen LogP contribution in [0.1, 0.15) is 134 Å². The van der Waals surface area contributed by atoms with Crippen molar-refractivity contribution in [2.45, 2.75) is 137 Å². The number of Topliss-reactive ketones (excluding diaryl/α,β-unsaturated/α-hetero) is 2. The molecule has 0 aliphatic rings. The molecule has 22 heteroatoms. The first kappa shape index (κ1) is 69.0. The minimum Gasteiger partial charge on any atom is -0.481 e. The Morgan fingerprint density at radius 3 is 1.95 bits per heavy atom. The maximum Gasteiger partial charge on any atom is 0.306 e. The van der Waals surface area contributed by atoms with Crippen molar-refractivity contribution in [2.75, 3.05) is 73.5 Å². The predicted molar refractivity (Wildman–Crippen MR) is 295 cm³/mol. The second-order valence-electron chi connectivity index (χ2n) is 20.2. The van der Waals surface area contributed by atoms with Gasteiger partial charge in [0, 0.05) is 82.7 Å². The van der Waals surface area contributed by atoms with Crippen LogP contribution in [-0.4, -0.2) is 170 Å². The number of carboxylic acid groups (broad SMARTS) is 2. The van der Waals surface area contributed by atoms with E-state index in [1.165, 1.54) is 11.8 Å². The molecular formula is C57H85N5O16S. The van der Waals surface area contributed by atoms with Crippen molar-refractivity contribution in [1.82, 2.24) is 25.4 Å². The highest BCUT2D eigenvalue weighted by Crippen LogP contribution is 2.33. The molecular weight excluding hydrogens is 1040 g/mol. The average Bonchev–Trinajstić information content (AvgIpc) is 3.90. The lowest BCUT2D eigenvalue weighted by Crippen LogP contribution is -2.49. The number of carbonyl (C=O) groups is 9. The maximum absolute atomic E-state index is 14.7. The number of aromatic nitrogens is 1. The first-order valence-corrected chi connectivity index (χ1v) is 28.0. The topological polar surface area (TPSA) is 284 Å². The molecule has 7 atom stereocenters. The monoisotopic (exact) mass is 1130 g/mol. The molecule has 4 N–H and O–H groups in total. The van der Waals surface area contributed by atoms with E-state index in [4.69, 9.17) is 28.8 Å². The molecule has 1 unspecified atom stereocenters. The molecule has 440 valence electrons. The average molecular weight is 1130 g/mol. The van der Waals surface area contributed by atoms with Crippen LogP contribution in [0, 0.1) is 41.4 Å². The molecule has 1 heterocycles. The van der Waals surface area contributed by atoms with Crippen molar-refractivity contribution >= 4 is 64.4 Å². The molecule has 0 aliphatic heterocycles. The Kier molecular flexibility index (Phi) is 32.9. The number of hydrogen-bond donors (Lipinski definition) is 4. The smallest absolute Gasteiger partial charge is 0.306 e. The third kappa shape index (κ3) is 27.1. The molecule has 2 rings (SSSR count). The number of amides is 4. The number of nitrogens with zero attached hydrogens (tertiary/aromatic N) is 3. The number of ketones is 2. The van der Waals surface area contributed by atoms with E-state index >= 15 is 0 Å². The molecule has 0 radical (unpaired) electrons. The van der Waals surface area contributed by atoms with Crippen LogP contribution in [0.15, 0.2) is 35.7 Å². The fraction of sp³-hybridized carbons (Fsp3) is 0.649. The lowest BCUT2D eigenvalue weighted by molar-refractivity contribution is -0.150. The summed E-state index contributed by atoms with van der Waals surface area (Å²) in [6.07, 6.45) is 0.627. The van der Waals surface area contributed by atoms with Crippen molar-refractivity contribution in [3.63, 3.8) is 0 Å². The number of carbonyl (C=O) groups excluding carboxylic acids is 7. The first-order valence-electron chi connectivity index (χ1n) is 27.1. The Morgan fingerprint density at radius 2 is 1.37 bits per heavy atom. The van der Waals surface area contributed by atoms with Gasteiger partial charge in [-0.2, -0.15) is 0 Å².